The molecule has 0 bridgehead atoms. The molecule has 33 heavy (non-hydrogen) atoms. The molecule has 0 unspecified atom stereocenters. The van der Waals surface area contributed by atoms with Crippen LogP contribution in [-0.4, -0.2) is 46.6 Å². The molecule has 0 saturated heterocycles. The van der Waals surface area contributed by atoms with Gasteiger partial charge in [0.1, 0.15) is 0 Å². The molecule has 1 aromatic carbocycles. The number of fused-ring (bicyclic) bond motifs is 1. The Kier molecular flexibility index (Phi) is 5.95. The molecule has 172 valence electrons. The summed E-state index contributed by atoms with van der Waals surface area (Å²) in [6, 6.07) is 10.6. The van der Waals surface area contributed by atoms with Crippen LogP contribution in [0.25, 0.3) is 16.9 Å². The summed E-state index contributed by atoms with van der Waals surface area (Å²) in [5, 5.41) is 21.2. The van der Waals surface area contributed by atoms with Gasteiger partial charge in [-0.05, 0) is 57.2 Å². The number of hydrogen-bond acceptors (Lipinski definition) is 7. The number of nitrogens with zero attached hydrogens (tertiary/aromatic N) is 6. The third-order valence-electron chi connectivity index (χ3n) is 6.20. The van der Waals surface area contributed by atoms with Gasteiger partial charge < -0.3 is 20.3 Å². The Hall–Kier alpha value is -3.46. The Morgan fingerprint density at radius 3 is 2.67 bits per heavy atom. The Bertz CT molecular complexity index is 1210. The Balaban J connectivity index is 1.45. The fraction of sp³-hybridized carbons (Fsp3) is 0.417. The maximum atomic E-state index is 9.83. The van der Waals surface area contributed by atoms with Crippen LogP contribution in [0.5, 0.6) is 0 Å². The summed E-state index contributed by atoms with van der Waals surface area (Å²) in [6.07, 6.45) is 8.78. The first kappa shape index (κ1) is 21.4. The molecule has 9 heteroatoms. The molecule has 3 N–H and O–H groups in total. The number of rotatable bonds is 7. The van der Waals surface area contributed by atoms with Crippen LogP contribution in [-0.2, 0) is 6.54 Å². The van der Waals surface area contributed by atoms with Crippen LogP contribution in [0.4, 0.5) is 11.8 Å². The first-order valence-corrected chi connectivity index (χ1v) is 11.6. The van der Waals surface area contributed by atoms with E-state index in [4.69, 9.17) is 9.97 Å². The molecule has 1 saturated carbocycles. The second-order valence-corrected chi connectivity index (χ2v) is 8.90. The summed E-state index contributed by atoms with van der Waals surface area (Å²) < 4.78 is 3.93. The lowest BCUT2D eigenvalue weighted by Crippen LogP contribution is -2.29. The summed E-state index contributed by atoms with van der Waals surface area (Å²) >= 11 is 0. The van der Waals surface area contributed by atoms with Crippen molar-refractivity contribution in [1.29, 1.82) is 0 Å². The van der Waals surface area contributed by atoms with Gasteiger partial charge in [0.25, 0.3) is 0 Å². The van der Waals surface area contributed by atoms with Gasteiger partial charge in [0.2, 0.25) is 5.95 Å². The number of para-hydroxylation sites is 1. The Labute approximate surface area is 192 Å². The molecule has 1 fully saturated rings. The predicted molar refractivity (Wildman–Crippen MR) is 128 cm³/mol. The van der Waals surface area contributed by atoms with Crippen LogP contribution in [0, 0.1) is 0 Å². The van der Waals surface area contributed by atoms with E-state index < -0.39 is 0 Å². The zero-order valence-electron chi connectivity index (χ0n) is 19.0. The van der Waals surface area contributed by atoms with Crippen molar-refractivity contribution in [2.24, 2.45) is 0 Å². The fourth-order valence-electron chi connectivity index (χ4n) is 4.36. The number of aliphatic hydroxyl groups excluding tert-OH is 1. The highest BCUT2D eigenvalue weighted by molar-refractivity contribution is 5.84. The summed E-state index contributed by atoms with van der Waals surface area (Å²) in [6.45, 7) is 4.81. The number of hydrogen-bond donors (Lipinski definition) is 3. The minimum absolute atomic E-state index is 0.194. The molecule has 0 atom stereocenters. The van der Waals surface area contributed by atoms with E-state index in [1.165, 1.54) is 0 Å². The SMILES string of the molecule is CC(C)n1cnc2c(NCc3ccccc3-n3cccn3)nc(NC3CCC(O)CC3)nc21. The van der Waals surface area contributed by atoms with Crippen molar-refractivity contribution < 1.29 is 5.11 Å². The standard InChI is InChI=1S/C24H30N8O/c1-16(2)31-15-26-21-22(25-14-17-6-3-4-7-20(17)32-13-5-12-27-32)29-24(30-23(21)31)28-18-8-10-19(33)11-9-18/h3-7,12-13,15-16,18-19,33H,8-11,14H2,1-2H3,(H2,25,28,29,30). The van der Waals surface area contributed by atoms with Gasteiger partial charge in [-0.3, -0.25) is 0 Å². The van der Waals surface area contributed by atoms with Gasteiger partial charge in [-0.2, -0.15) is 15.1 Å². The molecule has 1 aliphatic carbocycles. The van der Waals surface area contributed by atoms with Crippen molar-refractivity contribution in [2.75, 3.05) is 10.6 Å². The molecular formula is C24H30N8O. The molecule has 5 rings (SSSR count). The average Bonchev–Trinajstić information content (AvgIpc) is 3.49. The third-order valence-corrected chi connectivity index (χ3v) is 6.20. The molecule has 3 aromatic heterocycles. The quantitative estimate of drug-likeness (QED) is 0.395. The first-order valence-electron chi connectivity index (χ1n) is 11.6. The third kappa shape index (κ3) is 4.54. The summed E-state index contributed by atoms with van der Waals surface area (Å²) in [7, 11) is 0. The molecule has 4 aromatic rings. The smallest absolute Gasteiger partial charge is 0.227 e. The van der Waals surface area contributed by atoms with Crippen LogP contribution >= 0.6 is 0 Å². The van der Waals surface area contributed by atoms with Crippen molar-refractivity contribution in [1.82, 2.24) is 29.3 Å². The Morgan fingerprint density at radius 1 is 1.09 bits per heavy atom. The van der Waals surface area contributed by atoms with Gasteiger partial charge in [-0.15, -0.1) is 0 Å². The summed E-state index contributed by atoms with van der Waals surface area (Å²) in [4.78, 5) is 14.2. The number of aromatic nitrogens is 6. The van der Waals surface area contributed by atoms with Crippen molar-refractivity contribution in [3.63, 3.8) is 0 Å². The average molecular weight is 447 g/mol. The van der Waals surface area contributed by atoms with E-state index in [1.54, 1.807) is 6.20 Å². The molecule has 0 spiro atoms. The minimum Gasteiger partial charge on any atom is -0.393 e. The van der Waals surface area contributed by atoms with E-state index in [9.17, 15) is 5.11 Å². The highest BCUT2D eigenvalue weighted by Gasteiger charge is 2.21. The second-order valence-electron chi connectivity index (χ2n) is 8.90. The van der Waals surface area contributed by atoms with Crippen molar-refractivity contribution in [2.45, 2.75) is 64.3 Å². The number of nitrogens with one attached hydrogen (secondary N) is 2. The van der Waals surface area contributed by atoms with E-state index in [2.05, 4.69) is 51.3 Å². The van der Waals surface area contributed by atoms with Crippen LogP contribution in [0.15, 0.2) is 49.1 Å². The van der Waals surface area contributed by atoms with E-state index in [-0.39, 0.29) is 18.2 Å². The number of anilines is 2. The number of aliphatic hydroxyl groups is 1. The Morgan fingerprint density at radius 2 is 1.91 bits per heavy atom. The van der Waals surface area contributed by atoms with Gasteiger partial charge >= 0.3 is 0 Å². The molecular weight excluding hydrogens is 416 g/mol. The second kappa shape index (κ2) is 9.19. The zero-order chi connectivity index (χ0) is 22.8. The fourth-order valence-corrected chi connectivity index (χ4v) is 4.36. The molecule has 0 radical (unpaired) electrons. The monoisotopic (exact) mass is 446 g/mol. The number of imidazole rings is 1. The van der Waals surface area contributed by atoms with Gasteiger partial charge in [0.15, 0.2) is 17.0 Å². The lowest BCUT2D eigenvalue weighted by Gasteiger charge is -2.26. The van der Waals surface area contributed by atoms with Gasteiger partial charge in [0.05, 0.1) is 18.1 Å². The first-order chi connectivity index (χ1) is 16.1. The highest BCUT2D eigenvalue weighted by Crippen LogP contribution is 2.27. The molecule has 0 aliphatic heterocycles. The van der Waals surface area contributed by atoms with Crippen molar-refractivity contribution in [3.05, 3.63) is 54.6 Å². The largest absolute Gasteiger partial charge is 0.393 e. The maximum Gasteiger partial charge on any atom is 0.227 e. The molecule has 9 nitrogen and oxygen atoms in total. The highest BCUT2D eigenvalue weighted by atomic mass is 16.3. The summed E-state index contributed by atoms with van der Waals surface area (Å²) in [5.74, 6) is 1.29. The lowest BCUT2D eigenvalue weighted by atomic mass is 9.93. The normalized spacial score (nSPS) is 18.7. The van der Waals surface area contributed by atoms with Crippen molar-refractivity contribution in [3.8, 4) is 5.69 Å². The molecule has 3 heterocycles. The van der Waals surface area contributed by atoms with Crippen molar-refractivity contribution >= 4 is 22.9 Å². The predicted octanol–water partition coefficient (Wildman–Crippen LogP) is 3.92. The topological polar surface area (TPSA) is 106 Å². The van der Waals surface area contributed by atoms with E-state index >= 15 is 0 Å². The van der Waals surface area contributed by atoms with Crippen LogP contribution < -0.4 is 10.6 Å². The summed E-state index contributed by atoms with van der Waals surface area (Å²) in [5.41, 5.74) is 3.69. The van der Waals surface area contributed by atoms with Gasteiger partial charge in [-0.25, -0.2) is 9.67 Å². The van der Waals surface area contributed by atoms with E-state index in [0.717, 1.165) is 48.1 Å². The maximum absolute atomic E-state index is 9.83. The molecule has 0 amide bonds. The lowest BCUT2D eigenvalue weighted by molar-refractivity contribution is 0.126. The van der Waals surface area contributed by atoms with Crippen LogP contribution in [0.3, 0.4) is 0 Å². The minimum atomic E-state index is -0.194. The zero-order valence-corrected chi connectivity index (χ0v) is 19.0. The van der Waals surface area contributed by atoms with Gasteiger partial charge in [-0.1, -0.05) is 18.2 Å². The van der Waals surface area contributed by atoms with E-state index in [1.807, 2.05) is 35.4 Å². The number of benzene rings is 1. The van der Waals surface area contributed by atoms with E-state index in [0.29, 0.717) is 18.3 Å². The van der Waals surface area contributed by atoms with Gasteiger partial charge in [0, 0.05) is 31.0 Å². The van der Waals surface area contributed by atoms with Crippen LogP contribution in [0.1, 0.15) is 51.1 Å². The molecule has 1 aliphatic rings. The van der Waals surface area contributed by atoms with Crippen LogP contribution in [0.2, 0.25) is 0 Å².